The van der Waals surface area contributed by atoms with Gasteiger partial charge >= 0.3 is 0 Å². The van der Waals surface area contributed by atoms with Crippen LogP contribution in [0, 0.1) is 0 Å². The smallest absolute Gasteiger partial charge is 0.141 e. The van der Waals surface area contributed by atoms with E-state index in [-0.39, 0.29) is 0 Å². The fraction of sp³-hybridized carbons (Fsp3) is 0.333. The molecule has 2 aromatic rings. The average molecular weight is 255 g/mol. The highest BCUT2D eigenvalue weighted by atomic mass is 16.5. The maximum atomic E-state index is 5.75. The molecule has 0 unspecified atom stereocenters. The lowest BCUT2D eigenvalue weighted by atomic mass is 9.92. The largest absolute Gasteiger partial charge is 0.487 e. The Morgan fingerprint density at radius 1 is 1.05 bits per heavy atom. The Morgan fingerprint density at radius 2 is 1.89 bits per heavy atom. The Kier molecular flexibility index (Phi) is 3.31. The molecule has 2 N–H and O–H groups in total. The maximum Gasteiger partial charge on any atom is 0.141 e. The van der Waals surface area contributed by atoms with Crippen LogP contribution in [0.4, 0.5) is 5.82 Å². The van der Waals surface area contributed by atoms with Crippen LogP contribution in [-0.4, -0.2) is 9.97 Å². The van der Waals surface area contributed by atoms with E-state index >= 15 is 0 Å². The van der Waals surface area contributed by atoms with Crippen molar-refractivity contribution in [3.8, 4) is 5.75 Å². The van der Waals surface area contributed by atoms with Crippen LogP contribution in [0.15, 0.2) is 30.6 Å². The van der Waals surface area contributed by atoms with Crippen LogP contribution in [-0.2, 0) is 19.4 Å². The van der Waals surface area contributed by atoms with Gasteiger partial charge in [0.05, 0.1) is 18.1 Å². The Balaban J connectivity index is 1.68. The highest BCUT2D eigenvalue weighted by Crippen LogP contribution is 2.25. The van der Waals surface area contributed by atoms with Crippen molar-refractivity contribution in [1.29, 1.82) is 0 Å². The molecule has 3 rings (SSSR count). The van der Waals surface area contributed by atoms with E-state index in [1.54, 1.807) is 12.4 Å². The molecule has 4 heteroatoms. The van der Waals surface area contributed by atoms with Crippen molar-refractivity contribution < 1.29 is 4.74 Å². The number of hydrogen-bond acceptors (Lipinski definition) is 4. The first-order valence-corrected chi connectivity index (χ1v) is 6.62. The minimum atomic E-state index is 0.423. The van der Waals surface area contributed by atoms with Gasteiger partial charge in [0.1, 0.15) is 18.2 Å². The first-order valence-electron chi connectivity index (χ1n) is 6.62. The van der Waals surface area contributed by atoms with Gasteiger partial charge in [-0.3, -0.25) is 4.98 Å². The SMILES string of the molecule is Nc1cnc(COc2ccc3c(c2)CCCC3)cn1. The molecule has 0 fully saturated rings. The highest BCUT2D eigenvalue weighted by molar-refractivity contribution is 5.37. The summed E-state index contributed by atoms with van der Waals surface area (Å²) >= 11 is 0. The second-order valence-corrected chi connectivity index (χ2v) is 4.86. The number of aromatic nitrogens is 2. The number of nitrogens with two attached hydrogens (primary N) is 1. The van der Waals surface area contributed by atoms with Crippen molar-refractivity contribution in [2.45, 2.75) is 32.3 Å². The molecule has 0 saturated heterocycles. The molecule has 98 valence electrons. The molecular weight excluding hydrogens is 238 g/mol. The molecule has 1 aromatic carbocycles. The predicted molar refractivity (Wildman–Crippen MR) is 73.9 cm³/mol. The van der Waals surface area contributed by atoms with Crippen LogP contribution < -0.4 is 10.5 Å². The van der Waals surface area contributed by atoms with E-state index in [4.69, 9.17) is 10.5 Å². The Bertz CT molecular complexity index is 566. The topological polar surface area (TPSA) is 61.0 Å². The summed E-state index contributed by atoms with van der Waals surface area (Å²) in [7, 11) is 0. The first-order chi connectivity index (χ1) is 9.31. The number of aryl methyl sites for hydroxylation is 2. The molecule has 1 aromatic heterocycles. The van der Waals surface area contributed by atoms with Gasteiger partial charge in [0.25, 0.3) is 0 Å². The third-order valence-corrected chi connectivity index (χ3v) is 3.43. The zero-order valence-corrected chi connectivity index (χ0v) is 10.8. The van der Waals surface area contributed by atoms with Gasteiger partial charge in [0.2, 0.25) is 0 Å². The zero-order valence-electron chi connectivity index (χ0n) is 10.8. The number of hydrogen-bond donors (Lipinski definition) is 1. The van der Waals surface area contributed by atoms with E-state index in [1.165, 1.54) is 30.4 Å². The van der Waals surface area contributed by atoms with Crippen LogP contribution in [0.2, 0.25) is 0 Å². The summed E-state index contributed by atoms with van der Waals surface area (Å²) in [5.74, 6) is 1.33. The molecule has 4 nitrogen and oxygen atoms in total. The Hall–Kier alpha value is -2.10. The third-order valence-electron chi connectivity index (χ3n) is 3.43. The third kappa shape index (κ3) is 2.84. The minimum absolute atomic E-state index is 0.423. The van der Waals surface area contributed by atoms with E-state index in [1.807, 2.05) is 6.07 Å². The van der Waals surface area contributed by atoms with E-state index < -0.39 is 0 Å². The molecule has 1 aliphatic carbocycles. The molecule has 0 spiro atoms. The monoisotopic (exact) mass is 255 g/mol. The number of rotatable bonds is 3. The summed E-state index contributed by atoms with van der Waals surface area (Å²) < 4.78 is 5.75. The van der Waals surface area contributed by atoms with Crippen molar-refractivity contribution >= 4 is 5.82 Å². The molecule has 0 radical (unpaired) electrons. The second-order valence-electron chi connectivity index (χ2n) is 4.86. The van der Waals surface area contributed by atoms with Gasteiger partial charge in [-0.1, -0.05) is 6.07 Å². The normalized spacial score (nSPS) is 13.9. The van der Waals surface area contributed by atoms with Crippen molar-refractivity contribution in [1.82, 2.24) is 9.97 Å². The molecular formula is C15H17N3O. The Morgan fingerprint density at radius 3 is 2.68 bits per heavy atom. The van der Waals surface area contributed by atoms with Crippen LogP contribution >= 0.6 is 0 Å². The summed E-state index contributed by atoms with van der Waals surface area (Å²) in [6.45, 7) is 0.423. The summed E-state index contributed by atoms with van der Waals surface area (Å²) in [5.41, 5.74) is 9.17. The van der Waals surface area contributed by atoms with Crippen LogP contribution in [0.3, 0.4) is 0 Å². The molecule has 0 aliphatic heterocycles. The van der Waals surface area contributed by atoms with E-state index in [0.717, 1.165) is 17.9 Å². The second kappa shape index (κ2) is 5.26. The number of anilines is 1. The fourth-order valence-electron chi connectivity index (χ4n) is 2.40. The van der Waals surface area contributed by atoms with Crippen LogP contribution in [0.1, 0.15) is 29.7 Å². The van der Waals surface area contributed by atoms with E-state index in [2.05, 4.69) is 22.1 Å². The van der Waals surface area contributed by atoms with E-state index in [9.17, 15) is 0 Å². The fourth-order valence-corrected chi connectivity index (χ4v) is 2.40. The van der Waals surface area contributed by atoms with Crippen LogP contribution in [0.25, 0.3) is 0 Å². The zero-order chi connectivity index (χ0) is 13.1. The summed E-state index contributed by atoms with van der Waals surface area (Å²) in [5, 5.41) is 0. The van der Waals surface area contributed by atoms with Crippen molar-refractivity contribution in [3.05, 3.63) is 47.4 Å². The van der Waals surface area contributed by atoms with Crippen LogP contribution in [0.5, 0.6) is 5.75 Å². The maximum absolute atomic E-state index is 5.75. The Labute approximate surface area is 112 Å². The lowest BCUT2D eigenvalue weighted by Gasteiger charge is -2.16. The van der Waals surface area contributed by atoms with Gasteiger partial charge in [-0.25, -0.2) is 4.98 Å². The number of nitrogen functional groups attached to an aromatic ring is 1. The summed E-state index contributed by atoms with van der Waals surface area (Å²) in [4.78, 5) is 8.17. The highest BCUT2D eigenvalue weighted by Gasteiger charge is 2.10. The molecule has 0 bridgehead atoms. The van der Waals surface area contributed by atoms with Gasteiger partial charge in [-0.2, -0.15) is 0 Å². The molecule has 0 atom stereocenters. The standard InChI is InChI=1S/C15H17N3O/c16-15-9-17-13(8-18-15)10-19-14-6-5-11-3-1-2-4-12(11)7-14/h5-9H,1-4,10H2,(H2,16,18). The lowest BCUT2D eigenvalue weighted by molar-refractivity contribution is 0.300. The van der Waals surface area contributed by atoms with Gasteiger partial charge in [0, 0.05) is 0 Å². The number of fused-ring (bicyclic) bond motifs is 1. The first kappa shape index (κ1) is 12.0. The average Bonchev–Trinajstić information content (AvgIpc) is 2.46. The minimum Gasteiger partial charge on any atom is -0.487 e. The number of nitrogens with zero attached hydrogens (tertiary/aromatic N) is 2. The van der Waals surface area contributed by atoms with Crippen molar-refractivity contribution in [2.24, 2.45) is 0 Å². The molecule has 19 heavy (non-hydrogen) atoms. The van der Waals surface area contributed by atoms with Gasteiger partial charge in [0.15, 0.2) is 0 Å². The van der Waals surface area contributed by atoms with Gasteiger partial charge < -0.3 is 10.5 Å². The molecule has 0 saturated carbocycles. The summed E-state index contributed by atoms with van der Waals surface area (Å²) in [6.07, 6.45) is 8.13. The van der Waals surface area contributed by atoms with Crippen molar-refractivity contribution in [2.75, 3.05) is 5.73 Å². The molecule has 1 heterocycles. The predicted octanol–water partition coefficient (Wildman–Crippen LogP) is 2.52. The van der Waals surface area contributed by atoms with E-state index in [0.29, 0.717) is 12.4 Å². The number of ether oxygens (including phenoxy) is 1. The van der Waals surface area contributed by atoms with Gasteiger partial charge in [-0.05, 0) is 48.9 Å². The molecule has 0 amide bonds. The quantitative estimate of drug-likeness (QED) is 0.915. The van der Waals surface area contributed by atoms with Crippen molar-refractivity contribution in [3.63, 3.8) is 0 Å². The molecule has 1 aliphatic rings. The lowest BCUT2D eigenvalue weighted by Crippen LogP contribution is -2.04. The van der Waals surface area contributed by atoms with Gasteiger partial charge in [-0.15, -0.1) is 0 Å². The summed E-state index contributed by atoms with van der Waals surface area (Å²) in [6, 6.07) is 6.37. The number of benzene rings is 1.